The van der Waals surface area contributed by atoms with Crippen molar-refractivity contribution in [3.63, 3.8) is 0 Å². The van der Waals surface area contributed by atoms with Crippen LogP contribution in [0.2, 0.25) is 0 Å². The van der Waals surface area contributed by atoms with Crippen LogP contribution in [0.3, 0.4) is 0 Å². The highest BCUT2D eigenvalue weighted by molar-refractivity contribution is 6.24. The molecular formula is C74H66F4N14O12. The molecule has 26 nitrogen and oxygen atoms in total. The maximum Gasteiger partial charge on any atom is 0.408 e. The summed E-state index contributed by atoms with van der Waals surface area (Å²) in [5.74, 6) is -4.90. The number of carbonyl (C=O) groups is 4. The Morgan fingerprint density at radius 1 is 0.596 bits per heavy atom. The average Bonchev–Trinajstić information content (AvgIpc) is 0.845. The Morgan fingerprint density at radius 2 is 1.08 bits per heavy atom. The summed E-state index contributed by atoms with van der Waals surface area (Å²) >= 11 is 0. The van der Waals surface area contributed by atoms with Gasteiger partial charge in [-0.3, -0.25) is 48.5 Å². The third-order valence-corrected chi connectivity index (χ3v) is 15.4. The number of nitro groups is 2. The molecule has 532 valence electrons. The smallest absolute Gasteiger partial charge is 0.408 e. The molecule has 4 aromatic heterocycles. The van der Waals surface area contributed by atoms with Crippen LogP contribution in [0.15, 0.2) is 216 Å². The summed E-state index contributed by atoms with van der Waals surface area (Å²) in [5, 5.41) is 27.8. The van der Waals surface area contributed by atoms with E-state index in [0.717, 1.165) is 36.4 Å². The fourth-order valence-electron chi connectivity index (χ4n) is 10.5. The van der Waals surface area contributed by atoms with E-state index in [4.69, 9.17) is 20.2 Å². The van der Waals surface area contributed by atoms with Crippen molar-refractivity contribution in [1.82, 2.24) is 44.4 Å². The van der Waals surface area contributed by atoms with E-state index in [1.165, 1.54) is 57.9 Å². The first-order valence-corrected chi connectivity index (χ1v) is 32.1. The largest absolute Gasteiger partial charge is 0.444 e. The number of aromatic nitrogens is 8. The minimum Gasteiger partial charge on any atom is -0.444 e. The van der Waals surface area contributed by atoms with Gasteiger partial charge in [0.1, 0.15) is 74.9 Å². The Morgan fingerprint density at radius 3 is 1.59 bits per heavy atom. The van der Waals surface area contributed by atoms with Gasteiger partial charge in [-0.05, 0) is 125 Å². The summed E-state index contributed by atoms with van der Waals surface area (Å²) in [6.45, 7) is 10.4. The number of nitro benzene ring substituents is 2. The van der Waals surface area contributed by atoms with E-state index in [-0.39, 0.29) is 34.7 Å². The Labute approximate surface area is 589 Å². The maximum absolute atomic E-state index is 14.5. The van der Waals surface area contributed by atoms with Gasteiger partial charge >= 0.3 is 12.1 Å². The number of amides is 3. The van der Waals surface area contributed by atoms with Gasteiger partial charge in [0.2, 0.25) is 0 Å². The molecule has 5 N–H and O–H groups in total. The first kappa shape index (κ1) is 75.0. The minimum absolute atomic E-state index is 0.0154. The van der Waals surface area contributed by atoms with Crippen molar-refractivity contribution in [2.45, 2.75) is 84.5 Å². The molecule has 12 rings (SSSR count). The molecule has 0 radical (unpaired) electrons. The lowest BCUT2D eigenvalue weighted by Crippen LogP contribution is -2.51. The number of esters is 1. The summed E-state index contributed by atoms with van der Waals surface area (Å²) in [6.07, 6.45) is 3.39. The molecule has 0 unspecified atom stereocenters. The van der Waals surface area contributed by atoms with E-state index in [1.54, 1.807) is 113 Å². The number of anilines is 2. The van der Waals surface area contributed by atoms with Crippen molar-refractivity contribution >= 4 is 79.7 Å². The predicted molar refractivity (Wildman–Crippen MR) is 379 cm³/mol. The number of nitrogens with zero attached hydrogens (tertiary/aromatic N) is 10. The molecule has 8 aromatic carbocycles. The molecule has 3 amide bonds. The van der Waals surface area contributed by atoms with Crippen molar-refractivity contribution < 1.29 is 56.1 Å². The average molecular weight is 1420 g/mol. The third kappa shape index (κ3) is 17.5. The Balaban J connectivity index is 0.000000164. The van der Waals surface area contributed by atoms with Gasteiger partial charge in [-0.15, -0.1) is 0 Å². The molecule has 0 aliphatic carbocycles. The maximum atomic E-state index is 14.5. The highest BCUT2D eigenvalue weighted by Gasteiger charge is 2.37. The van der Waals surface area contributed by atoms with Crippen LogP contribution in [0.5, 0.6) is 5.75 Å². The van der Waals surface area contributed by atoms with Crippen LogP contribution in [-0.2, 0) is 9.53 Å². The highest BCUT2D eigenvalue weighted by Crippen LogP contribution is 2.30. The topological polar surface area (TPSA) is 351 Å². The molecule has 0 bridgehead atoms. The standard InChI is InChI=1S/C22H18FN7O.C22H24FN3O6.C17H16FN3O.C13H8FNO4/c1-2-15(28-20-18-19(25-11-24-18)26-12-27-20)21-29-16-10-6-9-14(23)17(16)22(31)30(21)13-7-4-3-5-8-13;1-5-16(24-21(29)32-22(2,3)4)19(27)25(14-10-7-6-8-11-14)20(28)18-15(23)12-9-13-17(18)26(30)31;1-2-13(19)16-20-14-10-6-9-12(18)15(14)17(22)21(16)11-7-4-3-5-8-11;14-10-7-4-8-11(15(17)18)12(10)13(16)19-9-5-2-1-3-6-9/h3-12,15H,2H2,1H3,(H2,24,25,26,27,28);6-13,16H,5H2,1-4H3,(H,24,29);3-10,13H,2,19H2,1H3;1-8H/t15-;16-;13-;/m000./s1. The third-order valence-electron chi connectivity index (χ3n) is 15.4. The number of imide groups is 1. The zero-order chi connectivity index (χ0) is 74.9. The lowest BCUT2D eigenvalue weighted by molar-refractivity contribution is -0.385. The van der Waals surface area contributed by atoms with Crippen LogP contribution in [0.25, 0.3) is 44.3 Å². The number of alkyl carbamates (subject to hydrolysis) is 1. The van der Waals surface area contributed by atoms with Crippen molar-refractivity contribution in [1.29, 1.82) is 0 Å². The van der Waals surface area contributed by atoms with Gasteiger partial charge in [-0.2, -0.15) is 0 Å². The summed E-state index contributed by atoms with van der Waals surface area (Å²) in [5.41, 5.74) is 4.56. The number of imidazole rings is 1. The van der Waals surface area contributed by atoms with Gasteiger partial charge in [-0.25, -0.2) is 57.0 Å². The molecule has 0 saturated heterocycles. The van der Waals surface area contributed by atoms with E-state index in [9.17, 15) is 66.6 Å². The lowest BCUT2D eigenvalue weighted by atomic mass is 10.1. The lowest BCUT2D eigenvalue weighted by Gasteiger charge is -2.27. The number of para-hydroxylation sites is 4. The minimum atomic E-state index is -1.23. The molecule has 0 aliphatic heterocycles. The van der Waals surface area contributed by atoms with Gasteiger partial charge in [-0.1, -0.05) is 118 Å². The van der Waals surface area contributed by atoms with Crippen LogP contribution < -0.4 is 37.1 Å². The predicted octanol–water partition coefficient (Wildman–Crippen LogP) is 13.9. The summed E-state index contributed by atoms with van der Waals surface area (Å²) in [4.78, 5) is 123. The summed E-state index contributed by atoms with van der Waals surface area (Å²) in [7, 11) is 0. The zero-order valence-corrected chi connectivity index (χ0v) is 56.4. The zero-order valence-electron chi connectivity index (χ0n) is 56.4. The number of nitrogens with two attached hydrogens (primary N) is 1. The molecule has 3 atom stereocenters. The van der Waals surface area contributed by atoms with E-state index < -0.39 is 108 Å². The Hall–Kier alpha value is -13.3. The second-order valence-corrected chi connectivity index (χ2v) is 23.5. The number of hydrogen-bond donors (Lipinski definition) is 4. The number of carbonyl (C=O) groups excluding carboxylic acids is 4. The Bertz CT molecular complexity index is 5250. The summed E-state index contributed by atoms with van der Waals surface area (Å²) in [6, 6.07) is 46.7. The molecular weight excluding hydrogens is 1350 g/mol. The molecule has 0 fully saturated rings. The van der Waals surface area contributed by atoms with Crippen molar-refractivity contribution in [2.24, 2.45) is 5.73 Å². The number of rotatable bonds is 17. The van der Waals surface area contributed by atoms with Crippen LogP contribution in [0.4, 0.5) is 45.2 Å². The van der Waals surface area contributed by atoms with Crippen LogP contribution in [0.1, 0.15) is 105 Å². The van der Waals surface area contributed by atoms with E-state index in [0.29, 0.717) is 68.8 Å². The molecule has 0 spiro atoms. The first-order chi connectivity index (χ1) is 49.8. The van der Waals surface area contributed by atoms with Crippen LogP contribution >= 0.6 is 0 Å². The van der Waals surface area contributed by atoms with Gasteiger partial charge in [0.05, 0.1) is 56.4 Å². The number of nitrogens with one attached hydrogen (secondary N) is 3. The molecule has 12 aromatic rings. The second kappa shape index (κ2) is 33.7. The highest BCUT2D eigenvalue weighted by atomic mass is 19.1. The molecule has 104 heavy (non-hydrogen) atoms. The van der Waals surface area contributed by atoms with Gasteiger partial charge in [0.15, 0.2) is 22.6 Å². The molecule has 30 heteroatoms. The second-order valence-electron chi connectivity index (χ2n) is 23.5. The van der Waals surface area contributed by atoms with Crippen LogP contribution in [0, 0.1) is 43.5 Å². The SMILES string of the molecule is CC[C@H](N)c1nc2cccc(F)c2c(=O)n1-c1ccccc1.CC[C@H](NC(=O)OC(C)(C)C)C(=O)N(C(=O)c1c(F)cccc1[N+](=O)[O-])c1ccccc1.CC[C@H](Nc1ncnc2nc[nH]c12)c1nc2cccc(F)c2c(=O)n1-c1ccccc1.O=C(Oc1ccccc1)c1c(F)cccc1[N+](=O)[O-]. The number of fused-ring (bicyclic) bond motifs is 3. The normalized spacial score (nSPS) is 11.8. The Kier molecular flexibility index (Phi) is 24.3. The first-order valence-electron chi connectivity index (χ1n) is 32.1. The van der Waals surface area contributed by atoms with E-state index >= 15 is 0 Å². The molecule has 4 heterocycles. The van der Waals surface area contributed by atoms with Gasteiger partial charge < -0.3 is 30.8 Å². The van der Waals surface area contributed by atoms with E-state index in [2.05, 4.69) is 35.6 Å². The van der Waals surface area contributed by atoms with Crippen molar-refractivity contribution in [3.8, 4) is 17.1 Å². The number of benzene rings is 8. The monoisotopic (exact) mass is 1420 g/mol. The van der Waals surface area contributed by atoms with Gasteiger partial charge in [0, 0.05) is 12.1 Å². The molecule has 0 aliphatic rings. The van der Waals surface area contributed by atoms with Crippen molar-refractivity contribution in [3.05, 3.63) is 294 Å². The number of halogens is 4. The number of aromatic amines is 1. The van der Waals surface area contributed by atoms with E-state index in [1.807, 2.05) is 50.2 Å². The summed E-state index contributed by atoms with van der Waals surface area (Å²) < 4.78 is 69.6. The van der Waals surface area contributed by atoms with Gasteiger partial charge in [0.25, 0.3) is 34.3 Å². The molecule has 0 saturated carbocycles. The fourth-order valence-corrected chi connectivity index (χ4v) is 10.5. The number of H-pyrrole nitrogens is 1. The quantitative estimate of drug-likeness (QED) is 0.0216. The van der Waals surface area contributed by atoms with Crippen LogP contribution in [-0.4, -0.2) is 84.4 Å². The van der Waals surface area contributed by atoms with Crippen molar-refractivity contribution in [2.75, 3.05) is 10.2 Å². The number of ether oxygens (including phenoxy) is 2. The fraction of sp³-hybridized carbons (Fsp3) is 0.176. The number of hydrogen-bond acceptors (Lipinski definition) is 19.